The molecule has 1 aromatic carbocycles. The third-order valence-corrected chi connectivity index (χ3v) is 5.12. The smallest absolute Gasteiger partial charge is 0.254 e. The molecule has 0 spiro atoms. The lowest BCUT2D eigenvalue weighted by molar-refractivity contribution is 0.0745. The molecule has 0 unspecified atom stereocenters. The lowest BCUT2D eigenvalue weighted by atomic mass is 10.0. The number of benzene rings is 1. The standard InChI is InChI=1S/C22H24N6O/c1-16-3-4-17(2)19(15-16)22(29)28-13-11-27(12-14-28)21-6-5-20(25-26-21)24-18-7-9-23-10-8-18/h3-10,15H,11-14H2,1-2H3,(H,23,24,25). The van der Waals surface area contributed by atoms with Gasteiger partial charge in [0.15, 0.2) is 11.6 Å². The predicted octanol–water partition coefficient (Wildman–Crippen LogP) is 3.19. The lowest BCUT2D eigenvalue weighted by Crippen LogP contribution is -2.49. The number of nitrogens with one attached hydrogen (secondary N) is 1. The number of hydrogen-bond acceptors (Lipinski definition) is 6. The van der Waals surface area contributed by atoms with Crippen molar-refractivity contribution in [3.05, 3.63) is 71.5 Å². The van der Waals surface area contributed by atoms with E-state index in [1.54, 1.807) is 12.4 Å². The maximum atomic E-state index is 12.9. The Kier molecular flexibility index (Phi) is 5.37. The van der Waals surface area contributed by atoms with E-state index in [0.29, 0.717) is 18.9 Å². The Morgan fingerprint density at radius 3 is 2.38 bits per heavy atom. The summed E-state index contributed by atoms with van der Waals surface area (Å²) >= 11 is 0. The zero-order valence-electron chi connectivity index (χ0n) is 16.7. The highest BCUT2D eigenvalue weighted by molar-refractivity contribution is 5.96. The Labute approximate surface area is 170 Å². The fourth-order valence-electron chi connectivity index (χ4n) is 3.42. The number of nitrogens with zero attached hydrogens (tertiary/aromatic N) is 5. The highest BCUT2D eigenvalue weighted by atomic mass is 16.2. The highest BCUT2D eigenvalue weighted by Gasteiger charge is 2.24. The van der Waals surface area contributed by atoms with Crippen LogP contribution in [0.3, 0.4) is 0 Å². The van der Waals surface area contributed by atoms with Gasteiger partial charge in [0, 0.05) is 49.8 Å². The quantitative estimate of drug-likeness (QED) is 0.740. The molecule has 1 amide bonds. The molecule has 0 aliphatic carbocycles. The minimum absolute atomic E-state index is 0.105. The van der Waals surface area contributed by atoms with Crippen LogP contribution in [0.4, 0.5) is 17.3 Å². The van der Waals surface area contributed by atoms with E-state index < -0.39 is 0 Å². The molecule has 1 aliphatic heterocycles. The second kappa shape index (κ2) is 8.26. The molecule has 1 N–H and O–H groups in total. The van der Waals surface area contributed by atoms with Crippen molar-refractivity contribution in [1.29, 1.82) is 0 Å². The Morgan fingerprint density at radius 1 is 0.931 bits per heavy atom. The van der Waals surface area contributed by atoms with E-state index in [-0.39, 0.29) is 5.91 Å². The largest absolute Gasteiger partial charge is 0.352 e. The van der Waals surface area contributed by atoms with Crippen molar-refractivity contribution in [2.45, 2.75) is 13.8 Å². The first-order valence-electron chi connectivity index (χ1n) is 9.72. The minimum atomic E-state index is 0.105. The number of carbonyl (C=O) groups excluding carboxylic acids is 1. The number of aryl methyl sites for hydroxylation is 2. The van der Waals surface area contributed by atoms with Crippen molar-refractivity contribution in [2.24, 2.45) is 0 Å². The second-order valence-corrected chi connectivity index (χ2v) is 7.24. The molecule has 3 heterocycles. The summed E-state index contributed by atoms with van der Waals surface area (Å²) in [5, 5.41) is 11.8. The Balaban J connectivity index is 1.37. The normalized spacial score (nSPS) is 14.0. The van der Waals surface area contributed by atoms with Crippen LogP contribution in [0.5, 0.6) is 0 Å². The van der Waals surface area contributed by atoms with Crippen molar-refractivity contribution >= 4 is 23.2 Å². The molecule has 29 heavy (non-hydrogen) atoms. The number of aromatic nitrogens is 3. The monoisotopic (exact) mass is 388 g/mol. The molecule has 3 aromatic rings. The molecule has 7 nitrogen and oxygen atoms in total. The zero-order valence-corrected chi connectivity index (χ0v) is 16.7. The second-order valence-electron chi connectivity index (χ2n) is 7.24. The van der Waals surface area contributed by atoms with Gasteiger partial charge in [0.25, 0.3) is 5.91 Å². The van der Waals surface area contributed by atoms with Gasteiger partial charge in [-0.2, -0.15) is 0 Å². The van der Waals surface area contributed by atoms with Crippen LogP contribution < -0.4 is 10.2 Å². The molecule has 148 valence electrons. The maximum Gasteiger partial charge on any atom is 0.254 e. The van der Waals surface area contributed by atoms with Crippen molar-refractivity contribution in [3.63, 3.8) is 0 Å². The molecule has 7 heteroatoms. The molecule has 1 aliphatic rings. The highest BCUT2D eigenvalue weighted by Crippen LogP contribution is 2.19. The zero-order chi connectivity index (χ0) is 20.2. The van der Waals surface area contributed by atoms with Gasteiger partial charge in [-0.1, -0.05) is 17.7 Å². The molecule has 0 saturated carbocycles. The fraction of sp³-hybridized carbons (Fsp3) is 0.273. The van der Waals surface area contributed by atoms with E-state index in [1.807, 2.05) is 61.2 Å². The Hall–Kier alpha value is -3.48. The number of pyridine rings is 1. The topological polar surface area (TPSA) is 74.2 Å². The molecule has 0 radical (unpaired) electrons. The van der Waals surface area contributed by atoms with Gasteiger partial charge in [0.2, 0.25) is 0 Å². The third-order valence-electron chi connectivity index (χ3n) is 5.12. The van der Waals surface area contributed by atoms with Crippen LogP contribution in [0.2, 0.25) is 0 Å². The molecule has 2 aromatic heterocycles. The SMILES string of the molecule is Cc1ccc(C)c(C(=O)N2CCN(c3ccc(Nc4ccncc4)nn3)CC2)c1. The van der Waals surface area contributed by atoms with Crippen molar-refractivity contribution in [2.75, 3.05) is 36.4 Å². The van der Waals surface area contributed by atoms with Crippen LogP contribution in [0.1, 0.15) is 21.5 Å². The summed E-state index contributed by atoms with van der Waals surface area (Å²) in [7, 11) is 0. The van der Waals surface area contributed by atoms with E-state index in [4.69, 9.17) is 0 Å². The summed E-state index contributed by atoms with van der Waals surface area (Å²) in [4.78, 5) is 21.0. The minimum Gasteiger partial charge on any atom is -0.352 e. The first-order valence-corrected chi connectivity index (χ1v) is 9.72. The van der Waals surface area contributed by atoms with Crippen LogP contribution in [-0.2, 0) is 0 Å². The molecule has 0 bridgehead atoms. The summed E-state index contributed by atoms with van der Waals surface area (Å²) in [5.74, 6) is 1.61. The molecule has 1 fully saturated rings. The van der Waals surface area contributed by atoms with Crippen LogP contribution in [-0.4, -0.2) is 52.2 Å². The Bertz CT molecular complexity index is 982. The van der Waals surface area contributed by atoms with Gasteiger partial charge in [-0.3, -0.25) is 9.78 Å². The summed E-state index contributed by atoms with van der Waals surface area (Å²) in [6.45, 7) is 6.82. The van der Waals surface area contributed by atoms with Crippen molar-refractivity contribution in [1.82, 2.24) is 20.1 Å². The van der Waals surface area contributed by atoms with Crippen LogP contribution >= 0.6 is 0 Å². The number of carbonyl (C=O) groups is 1. The predicted molar refractivity (Wildman–Crippen MR) is 114 cm³/mol. The van der Waals surface area contributed by atoms with Gasteiger partial charge >= 0.3 is 0 Å². The first-order chi connectivity index (χ1) is 14.1. The average molecular weight is 388 g/mol. The van der Waals surface area contributed by atoms with Crippen LogP contribution in [0.15, 0.2) is 54.9 Å². The Morgan fingerprint density at radius 2 is 1.69 bits per heavy atom. The number of anilines is 3. The van der Waals surface area contributed by atoms with Gasteiger partial charge in [-0.15, -0.1) is 10.2 Å². The summed E-state index contributed by atoms with van der Waals surface area (Å²) in [6.07, 6.45) is 3.45. The van der Waals surface area contributed by atoms with E-state index in [0.717, 1.165) is 41.3 Å². The number of piperazine rings is 1. The summed E-state index contributed by atoms with van der Waals surface area (Å²) in [5.41, 5.74) is 3.84. The van der Waals surface area contributed by atoms with Crippen molar-refractivity contribution in [3.8, 4) is 0 Å². The third kappa shape index (κ3) is 4.34. The van der Waals surface area contributed by atoms with Gasteiger partial charge in [-0.25, -0.2) is 0 Å². The first kappa shape index (κ1) is 18.9. The molecular weight excluding hydrogens is 364 g/mol. The van der Waals surface area contributed by atoms with E-state index in [9.17, 15) is 4.79 Å². The van der Waals surface area contributed by atoms with Crippen molar-refractivity contribution < 1.29 is 4.79 Å². The van der Waals surface area contributed by atoms with E-state index in [1.165, 1.54) is 0 Å². The van der Waals surface area contributed by atoms with Gasteiger partial charge in [0.1, 0.15) is 0 Å². The molecule has 4 rings (SSSR count). The summed E-state index contributed by atoms with van der Waals surface area (Å²) in [6, 6.07) is 13.6. The number of rotatable bonds is 4. The van der Waals surface area contributed by atoms with Crippen LogP contribution in [0.25, 0.3) is 0 Å². The van der Waals surface area contributed by atoms with Gasteiger partial charge < -0.3 is 15.1 Å². The van der Waals surface area contributed by atoms with Gasteiger partial charge in [-0.05, 0) is 49.7 Å². The molecule has 1 saturated heterocycles. The average Bonchev–Trinajstić information content (AvgIpc) is 2.76. The fourth-order valence-corrected chi connectivity index (χ4v) is 3.42. The maximum absolute atomic E-state index is 12.9. The molecular formula is C22H24N6O. The summed E-state index contributed by atoms with van der Waals surface area (Å²) < 4.78 is 0. The van der Waals surface area contributed by atoms with Crippen LogP contribution in [0, 0.1) is 13.8 Å². The number of amides is 1. The van der Waals surface area contributed by atoms with E-state index >= 15 is 0 Å². The number of hydrogen-bond donors (Lipinski definition) is 1. The molecule has 0 atom stereocenters. The van der Waals surface area contributed by atoms with Gasteiger partial charge in [0.05, 0.1) is 0 Å². The van der Waals surface area contributed by atoms with E-state index in [2.05, 4.69) is 25.4 Å². The lowest BCUT2D eigenvalue weighted by Gasteiger charge is -2.35.